The summed E-state index contributed by atoms with van der Waals surface area (Å²) in [5.41, 5.74) is 1.16. The number of nitrogens with zero attached hydrogens (tertiary/aromatic N) is 3. The highest BCUT2D eigenvalue weighted by molar-refractivity contribution is 6.29. The van der Waals surface area contributed by atoms with Crippen LogP contribution in [0, 0.1) is 0 Å². The van der Waals surface area contributed by atoms with E-state index < -0.39 is 0 Å². The molecule has 1 aromatic rings. The van der Waals surface area contributed by atoms with E-state index >= 15 is 0 Å². The van der Waals surface area contributed by atoms with E-state index in [9.17, 15) is 0 Å². The third kappa shape index (κ3) is 4.37. The van der Waals surface area contributed by atoms with E-state index in [1.165, 1.54) is 0 Å². The SMILES string of the molecule is CCCN(CCN(C)C)c1ccnc(Cl)c1. The first-order valence-corrected chi connectivity index (χ1v) is 6.02. The lowest BCUT2D eigenvalue weighted by Crippen LogP contribution is -2.32. The fraction of sp³-hybridized carbons (Fsp3) is 0.583. The average Bonchev–Trinajstić information content (AvgIpc) is 2.24. The summed E-state index contributed by atoms with van der Waals surface area (Å²) in [5, 5.41) is 0.559. The molecule has 1 aromatic heterocycles. The van der Waals surface area contributed by atoms with Gasteiger partial charge in [0.25, 0.3) is 0 Å². The zero-order valence-electron chi connectivity index (χ0n) is 10.3. The van der Waals surface area contributed by atoms with Crippen molar-refractivity contribution in [3.63, 3.8) is 0 Å². The maximum atomic E-state index is 5.90. The summed E-state index contributed by atoms with van der Waals surface area (Å²) in [7, 11) is 4.17. The van der Waals surface area contributed by atoms with Crippen molar-refractivity contribution in [1.82, 2.24) is 9.88 Å². The van der Waals surface area contributed by atoms with Crippen LogP contribution < -0.4 is 4.90 Å². The number of hydrogen-bond acceptors (Lipinski definition) is 3. The molecule has 0 spiro atoms. The summed E-state index contributed by atoms with van der Waals surface area (Å²) in [4.78, 5) is 8.53. The Labute approximate surface area is 103 Å². The van der Waals surface area contributed by atoms with E-state index in [4.69, 9.17) is 11.6 Å². The second-order valence-corrected chi connectivity index (χ2v) is 4.51. The lowest BCUT2D eigenvalue weighted by molar-refractivity contribution is 0.413. The Kier molecular flexibility index (Phi) is 5.56. The van der Waals surface area contributed by atoms with Gasteiger partial charge in [0.1, 0.15) is 5.15 Å². The van der Waals surface area contributed by atoms with Gasteiger partial charge in [-0.05, 0) is 32.6 Å². The Morgan fingerprint density at radius 2 is 2.00 bits per heavy atom. The number of aromatic nitrogens is 1. The molecule has 16 heavy (non-hydrogen) atoms. The van der Waals surface area contributed by atoms with Gasteiger partial charge in [-0.2, -0.15) is 0 Å². The van der Waals surface area contributed by atoms with Gasteiger partial charge in [0.2, 0.25) is 0 Å². The molecule has 1 heterocycles. The summed E-state index contributed by atoms with van der Waals surface area (Å²) in [6.45, 7) is 5.29. The minimum Gasteiger partial charge on any atom is -0.370 e. The van der Waals surface area contributed by atoms with Crippen molar-refractivity contribution in [1.29, 1.82) is 0 Å². The highest BCUT2D eigenvalue weighted by Gasteiger charge is 2.06. The summed E-state index contributed by atoms with van der Waals surface area (Å²) in [6, 6.07) is 3.93. The van der Waals surface area contributed by atoms with E-state index in [0.29, 0.717) is 5.15 Å². The van der Waals surface area contributed by atoms with Crippen molar-refractivity contribution >= 4 is 17.3 Å². The molecule has 0 amide bonds. The summed E-state index contributed by atoms with van der Waals surface area (Å²) < 4.78 is 0. The molecule has 0 saturated heterocycles. The van der Waals surface area contributed by atoms with E-state index in [1.807, 2.05) is 12.1 Å². The fourth-order valence-electron chi connectivity index (χ4n) is 1.55. The average molecular weight is 242 g/mol. The van der Waals surface area contributed by atoms with Crippen molar-refractivity contribution in [2.75, 3.05) is 38.6 Å². The second kappa shape index (κ2) is 6.71. The van der Waals surface area contributed by atoms with Crippen LogP contribution in [0.1, 0.15) is 13.3 Å². The molecule has 0 radical (unpaired) electrons. The van der Waals surface area contributed by atoms with Crippen LogP contribution in [0.3, 0.4) is 0 Å². The van der Waals surface area contributed by atoms with Gasteiger partial charge in [-0.1, -0.05) is 18.5 Å². The normalized spacial score (nSPS) is 10.8. The molecule has 0 aliphatic rings. The van der Waals surface area contributed by atoms with Crippen LogP contribution >= 0.6 is 11.6 Å². The summed E-state index contributed by atoms with van der Waals surface area (Å²) >= 11 is 5.90. The van der Waals surface area contributed by atoms with Gasteiger partial charge in [0.15, 0.2) is 0 Å². The summed E-state index contributed by atoms with van der Waals surface area (Å²) in [5.74, 6) is 0. The quantitative estimate of drug-likeness (QED) is 0.714. The Bertz CT molecular complexity index is 315. The predicted octanol–water partition coefficient (Wildman–Crippen LogP) is 2.51. The molecule has 0 unspecified atom stereocenters. The van der Waals surface area contributed by atoms with E-state index in [-0.39, 0.29) is 0 Å². The van der Waals surface area contributed by atoms with Crippen molar-refractivity contribution in [2.24, 2.45) is 0 Å². The molecule has 0 aliphatic carbocycles. The Balaban J connectivity index is 2.68. The predicted molar refractivity (Wildman–Crippen MR) is 70.3 cm³/mol. The summed E-state index contributed by atoms with van der Waals surface area (Å²) in [6.07, 6.45) is 2.89. The second-order valence-electron chi connectivity index (χ2n) is 4.13. The molecule has 0 aromatic carbocycles. The van der Waals surface area contributed by atoms with Crippen molar-refractivity contribution in [3.05, 3.63) is 23.5 Å². The van der Waals surface area contributed by atoms with E-state index in [2.05, 4.69) is 35.8 Å². The van der Waals surface area contributed by atoms with Crippen LogP contribution in [0.25, 0.3) is 0 Å². The van der Waals surface area contributed by atoms with Crippen LogP contribution in [0.15, 0.2) is 18.3 Å². The van der Waals surface area contributed by atoms with Gasteiger partial charge in [-0.3, -0.25) is 0 Å². The van der Waals surface area contributed by atoms with Crippen LogP contribution in [-0.4, -0.2) is 43.6 Å². The lowest BCUT2D eigenvalue weighted by atomic mass is 10.3. The monoisotopic (exact) mass is 241 g/mol. The molecule has 0 bridgehead atoms. The minimum atomic E-state index is 0.559. The molecule has 0 fully saturated rings. The zero-order chi connectivity index (χ0) is 12.0. The fourth-order valence-corrected chi connectivity index (χ4v) is 1.72. The van der Waals surface area contributed by atoms with Crippen LogP contribution in [0.2, 0.25) is 5.15 Å². The van der Waals surface area contributed by atoms with Gasteiger partial charge in [0.05, 0.1) is 0 Å². The largest absolute Gasteiger partial charge is 0.370 e. The maximum absolute atomic E-state index is 5.90. The van der Waals surface area contributed by atoms with Crippen LogP contribution in [0.5, 0.6) is 0 Å². The first kappa shape index (κ1) is 13.3. The first-order chi connectivity index (χ1) is 7.63. The maximum Gasteiger partial charge on any atom is 0.131 e. The van der Waals surface area contributed by atoms with Crippen LogP contribution in [0.4, 0.5) is 5.69 Å². The van der Waals surface area contributed by atoms with Gasteiger partial charge >= 0.3 is 0 Å². The van der Waals surface area contributed by atoms with Gasteiger partial charge in [-0.15, -0.1) is 0 Å². The highest BCUT2D eigenvalue weighted by Crippen LogP contribution is 2.17. The van der Waals surface area contributed by atoms with Gasteiger partial charge < -0.3 is 9.80 Å². The standard InChI is InChI=1S/C12H20ClN3/c1-4-7-16(9-8-15(2)3)11-5-6-14-12(13)10-11/h5-6,10H,4,7-9H2,1-3H3. The molecule has 0 atom stereocenters. The third-order valence-electron chi connectivity index (χ3n) is 2.39. The van der Waals surface area contributed by atoms with Crippen molar-refractivity contribution in [3.8, 4) is 0 Å². The Morgan fingerprint density at radius 1 is 1.25 bits per heavy atom. The Hall–Kier alpha value is -0.800. The molecule has 90 valence electrons. The van der Waals surface area contributed by atoms with Crippen LogP contribution in [-0.2, 0) is 0 Å². The number of anilines is 1. The van der Waals surface area contributed by atoms with E-state index in [0.717, 1.165) is 31.7 Å². The smallest absolute Gasteiger partial charge is 0.131 e. The van der Waals surface area contributed by atoms with Gasteiger partial charge in [-0.25, -0.2) is 4.98 Å². The number of pyridine rings is 1. The molecule has 0 N–H and O–H groups in total. The topological polar surface area (TPSA) is 19.4 Å². The molecule has 1 rings (SSSR count). The number of rotatable bonds is 6. The van der Waals surface area contributed by atoms with Crippen molar-refractivity contribution in [2.45, 2.75) is 13.3 Å². The van der Waals surface area contributed by atoms with Crippen molar-refractivity contribution < 1.29 is 0 Å². The zero-order valence-corrected chi connectivity index (χ0v) is 11.0. The minimum absolute atomic E-state index is 0.559. The first-order valence-electron chi connectivity index (χ1n) is 5.64. The molecule has 3 nitrogen and oxygen atoms in total. The van der Waals surface area contributed by atoms with Gasteiger partial charge in [0, 0.05) is 31.5 Å². The lowest BCUT2D eigenvalue weighted by Gasteiger charge is -2.25. The third-order valence-corrected chi connectivity index (χ3v) is 2.59. The van der Waals surface area contributed by atoms with E-state index in [1.54, 1.807) is 6.20 Å². The number of hydrogen-bond donors (Lipinski definition) is 0. The highest BCUT2D eigenvalue weighted by atomic mass is 35.5. The molecular weight excluding hydrogens is 222 g/mol. The number of likely N-dealkylation sites (N-methyl/N-ethyl adjacent to an activating group) is 1. The Morgan fingerprint density at radius 3 is 2.56 bits per heavy atom. The molecule has 0 aliphatic heterocycles. The molecular formula is C12H20ClN3. The molecule has 4 heteroatoms. The molecule has 0 saturated carbocycles. The number of halogens is 1.